The Kier molecular flexibility index (Phi) is 8.90. The second-order valence-corrected chi connectivity index (χ2v) is 2.28. The maximum atomic E-state index is 5.32. The molecule has 0 rings (SSSR count). The second-order valence-electron chi connectivity index (χ2n) is 2.28. The van der Waals surface area contributed by atoms with Crippen LogP contribution < -0.4 is 11.0 Å². The van der Waals surface area contributed by atoms with Gasteiger partial charge in [-0.15, -0.1) is 0 Å². The van der Waals surface area contributed by atoms with Crippen molar-refractivity contribution in [3.05, 3.63) is 0 Å². The van der Waals surface area contributed by atoms with Crippen molar-refractivity contribution in [2.75, 3.05) is 20.2 Å². The summed E-state index contributed by atoms with van der Waals surface area (Å²) in [4.78, 5) is 0. The molecule has 0 saturated heterocycles. The van der Waals surface area contributed by atoms with Crippen LogP contribution in [0, 0.1) is 0 Å². The summed E-state index contributed by atoms with van der Waals surface area (Å²) in [7, 11) is 2.34. The van der Waals surface area contributed by atoms with Gasteiger partial charge >= 0.3 is 7.62 Å². The fraction of sp³-hybridized carbons (Fsp3) is 1.00. The van der Waals surface area contributed by atoms with E-state index in [4.69, 9.17) is 10.4 Å². The van der Waals surface area contributed by atoms with Crippen molar-refractivity contribution in [3.63, 3.8) is 0 Å². The van der Waals surface area contributed by atoms with Gasteiger partial charge in [0.2, 0.25) is 0 Å². The van der Waals surface area contributed by atoms with Crippen molar-refractivity contribution in [2.24, 2.45) is 5.73 Å². The first-order valence-electron chi connectivity index (χ1n) is 3.81. The average Bonchev–Trinajstić information content (AvgIpc) is 1.97. The minimum Gasteiger partial charge on any atom is -0.427 e. The zero-order valence-electron chi connectivity index (χ0n) is 6.73. The Bertz CT molecular complexity index is 55.7. The molecule has 3 N–H and O–H groups in total. The van der Waals surface area contributed by atoms with Crippen LogP contribution >= 0.6 is 0 Å². The fourth-order valence-corrected chi connectivity index (χ4v) is 0.745. The lowest BCUT2D eigenvalue weighted by Gasteiger charge is -1.99. The van der Waals surface area contributed by atoms with E-state index in [0.29, 0.717) is 7.62 Å². The molecule has 0 fully saturated rings. The summed E-state index contributed by atoms with van der Waals surface area (Å²) in [5.41, 5.74) is 5.32. The quantitative estimate of drug-likeness (QED) is 0.378. The van der Waals surface area contributed by atoms with E-state index in [1.54, 1.807) is 7.11 Å². The monoisotopic (exact) mass is 144 g/mol. The van der Waals surface area contributed by atoms with Crippen LogP contribution in [0.3, 0.4) is 0 Å². The summed E-state index contributed by atoms with van der Waals surface area (Å²) in [5.74, 6) is 0. The van der Waals surface area contributed by atoms with Gasteiger partial charge in [-0.05, 0) is 25.9 Å². The third kappa shape index (κ3) is 7.94. The van der Waals surface area contributed by atoms with E-state index >= 15 is 0 Å². The topological polar surface area (TPSA) is 47.3 Å². The van der Waals surface area contributed by atoms with E-state index in [2.05, 4.69) is 5.23 Å². The smallest absolute Gasteiger partial charge is 0.360 e. The van der Waals surface area contributed by atoms with Crippen molar-refractivity contribution in [2.45, 2.75) is 19.3 Å². The molecule has 0 heterocycles. The molecular formula is C6H17BN2O. The van der Waals surface area contributed by atoms with Crippen molar-refractivity contribution in [1.82, 2.24) is 5.23 Å². The molecule has 0 aliphatic rings. The number of hydrogen-bond acceptors (Lipinski definition) is 3. The molecule has 0 radical (unpaired) electrons. The van der Waals surface area contributed by atoms with Crippen LogP contribution in [0.5, 0.6) is 0 Å². The van der Waals surface area contributed by atoms with Crippen LogP contribution in [0.1, 0.15) is 19.3 Å². The van der Waals surface area contributed by atoms with Gasteiger partial charge in [0.05, 0.1) is 0 Å². The van der Waals surface area contributed by atoms with Crippen LogP contribution in [0.2, 0.25) is 0 Å². The van der Waals surface area contributed by atoms with E-state index in [9.17, 15) is 0 Å². The van der Waals surface area contributed by atoms with Crippen molar-refractivity contribution in [3.8, 4) is 0 Å². The van der Waals surface area contributed by atoms with E-state index in [-0.39, 0.29) is 0 Å². The molecule has 10 heavy (non-hydrogen) atoms. The maximum absolute atomic E-state index is 5.32. The standard InChI is InChI=1S/C6H17BN2O/c1-10-7-9-6-4-2-3-5-8/h7,9H,2-6,8H2,1H3. The molecule has 0 amide bonds. The molecule has 0 spiro atoms. The molecule has 0 aromatic carbocycles. The molecule has 0 unspecified atom stereocenters. The lowest BCUT2D eigenvalue weighted by Crippen LogP contribution is -2.21. The van der Waals surface area contributed by atoms with Gasteiger partial charge in [0.15, 0.2) is 0 Å². The van der Waals surface area contributed by atoms with Gasteiger partial charge in [-0.1, -0.05) is 6.42 Å². The van der Waals surface area contributed by atoms with Gasteiger partial charge in [-0.2, -0.15) is 0 Å². The zero-order chi connectivity index (χ0) is 7.66. The number of hydrogen-bond donors (Lipinski definition) is 2. The second kappa shape index (κ2) is 8.94. The highest BCUT2D eigenvalue weighted by atomic mass is 16.4. The van der Waals surface area contributed by atoms with Crippen molar-refractivity contribution < 1.29 is 4.65 Å². The first-order chi connectivity index (χ1) is 4.91. The minimum atomic E-state index is 0.655. The Morgan fingerprint density at radius 1 is 1.40 bits per heavy atom. The highest BCUT2D eigenvalue weighted by Crippen LogP contribution is 1.89. The zero-order valence-corrected chi connectivity index (χ0v) is 6.73. The molecule has 0 atom stereocenters. The van der Waals surface area contributed by atoms with Crippen LogP contribution in [0.15, 0.2) is 0 Å². The van der Waals surface area contributed by atoms with Gasteiger partial charge in [-0.25, -0.2) is 0 Å². The maximum Gasteiger partial charge on any atom is 0.360 e. The van der Waals surface area contributed by atoms with Crippen LogP contribution in [-0.4, -0.2) is 27.8 Å². The molecular weight excluding hydrogens is 127 g/mol. The molecule has 0 aliphatic heterocycles. The SMILES string of the molecule is COBNCCCCCN. The number of unbranched alkanes of at least 4 members (excludes halogenated alkanes) is 2. The van der Waals surface area contributed by atoms with Gasteiger partial charge in [-0.3, -0.25) is 0 Å². The minimum absolute atomic E-state index is 0.655. The van der Waals surface area contributed by atoms with Crippen LogP contribution in [0.25, 0.3) is 0 Å². The lowest BCUT2D eigenvalue weighted by molar-refractivity contribution is 0.429. The Morgan fingerprint density at radius 2 is 2.20 bits per heavy atom. The summed E-state index contributed by atoms with van der Waals surface area (Å²) in [5, 5.41) is 3.13. The van der Waals surface area contributed by atoms with Gasteiger partial charge in [0, 0.05) is 7.11 Å². The summed E-state index contributed by atoms with van der Waals surface area (Å²) in [6.45, 7) is 1.85. The van der Waals surface area contributed by atoms with E-state index in [1.165, 1.54) is 12.8 Å². The molecule has 60 valence electrons. The Morgan fingerprint density at radius 3 is 2.80 bits per heavy atom. The largest absolute Gasteiger partial charge is 0.427 e. The van der Waals surface area contributed by atoms with E-state index in [0.717, 1.165) is 19.5 Å². The first-order valence-corrected chi connectivity index (χ1v) is 3.81. The number of nitrogens with two attached hydrogens (primary N) is 1. The van der Waals surface area contributed by atoms with Gasteiger partial charge in [0.1, 0.15) is 0 Å². The molecule has 0 aliphatic carbocycles. The highest BCUT2D eigenvalue weighted by Gasteiger charge is 1.88. The van der Waals surface area contributed by atoms with Crippen molar-refractivity contribution in [1.29, 1.82) is 0 Å². The molecule has 0 saturated carbocycles. The summed E-state index contributed by atoms with van der Waals surface area (Å²) >= 11 is 0. The third-order valence-corrected chi connectivity index (χ3v) is 1.30. The Hall–Kier alpha value is -0.0551. The van der Waals surface area contributed by atoms with Crippen LogP contribution in [0.4, 0.5) is 0 Å². The summed E-state index contributed by atoms with van der Waals surface area (Å²) in [6.07, 6.45) is 3.54. The molecule has 3 nitrogen and oxygen atoms in total. The van der Waals surface area contributed by atoms with E-state index in [1.807, 2.05) is 0 Å². The summed E-state index contributed by atoms with van der Waals surface area (Å²) < 4.78 is 4.81. The lowest BCUT2D eigenvalue weighted by atomic mass is 10.2. The summed E-state index contributed by atoms with van der Waals surface area (Å²) in [6, 6.07) is 0. The molecule has 4 heteroatoms. The fourth-order valence-electron chi connectivity index (χ4n) is 0.745. The predicted molar refractivity (Wildman–Crippen MR) is 45.1 cm³/mol. The Labute approximate surface area is 63.6 Å². The normalized spacial score (nSPS) is 9.80. The molecule has 0 aromatic heterocycles. The highest BCUT2D eigenvalue weighted by molar-refractivity contribution is 6.23. The predicted octanol–water partition coefficient (Wildman–Crippen LogP) is -0.382. The number of nitrogens with one attached hydrogen (secondary N) is 1. The molecule has 0 bridgehead atoms. The van der Waals surface area contributed by atoms with Crippen LogP contribution in [-0.2, 0) is 4.65 Å². The first kappa shape index (κ1) is 9.94. The Balaban J connectivity index is 2.65. The third-order valence-electron chi connectivity index (χ3n) is 1.30. The molecule has 0 aromatic rings. The van der Waals surface area contributed by atoms with E-state index < -0.39 is 0 Å². The van der Waals surface area contributed by atoms with Gasteiger partial charge < -0.3 is 15.6 Å². The van der Waals surface area contributed by atoms with Crippen molar-refractivity contribution >= 4 is 7.62 Å². The number of rotatable bonds is 7. The average molecular weight is 144 g/mol. The van der Waals surface area contributed by atoms with Gasteiger partial charge in [0.25, 0.3) is 0 Å².